The summed E-state index contributed by atoms with van der Waals surface area (Å²) >= 11 is 1.35. The van der Waals surface area contributed by atoms with E-state index in [9.17, 15) is 4.79 Å². The molecule has 0 aliphatic rings. The quantitative estimate of drug-likeness (QED) is 0.708. The Morgan fingerprint density at radius 1 is 1.32 bits per heavy atom. The Hall–Kier alpha value is -2.54. The number of nitrogens with one attached hydrogen (secondary N) is 2. The average Bonchev–Trinajstić information content (AvgIpc) is 2.96. The predicted molar refractivity (Wildman–Crippen MR) is 86.2 cm³/mol. The topological polar surface area (TPSA) is 79.9 Å². The fourth-order valence-electron chi connectivity index (χ4n) is 1.91. The van der Waals surface area contributed by atoms with Gasteiger partial charge in [0.05, 0.1) is 30.1 Å². The second kappa shape index (κ2) is 6.48. The van der Waals surface area contributed by atoms with Crippen molar-refractivity contribution in [3.8, 4) is 5.75 Å². The normalized spacial score (nSPS) is 10.6. The summed E-state index contributed by atoms with van der Waals surface area (Å²) in [5.41, 5.74) is 2.44. The van der Waals surface area contributed by atoms with Gasteiger partial charge in [-0.3, -0.25) is 9.78 Å². The fourth-order valence-corrected chi connectivity index (χ4v) is 2.59. The number of ether oxygens (including phenoxy) is 1. The maximum absolute atomic E-state index is 11.9. The molecule has 3 rings (SSSR count). The summed E-state index contributed by atoms with van der Waals surface area (Å²) in [4.78, 5) is 23.5. The average molecular weight is 314 g/mol. The van der Waals surface area contributed by atoms with Gasteiger partial charge in [0, 0.05) is 11.9 Å². The smallest absolute Gasteiger partial charge is 0.234 e. The van der Waals surface area contributed by atoms with Crippen molar-refractivity contribution in [2.75, 3.05) is 18.2 Å². The van der Waals surface area contributed by atoms with Crippen molar-refractivity contribution in [3.05, 3.63) is 42.7 Å². The fraction of sp³-hybridized carbons (Fsp3) is 0.133. The van der Waals surface area contributed by atoms with Crippen LogP contribution < -0.4 is 10.1 Å². The SMILES string of the molecule is COc1ccc(NC(=O)CSc2nc3ccncc3[nH]2)cc1. The zero-order valence-corrected chi connectivity index (χ0v) is 12.7. The molecular formula is C15H14N4O2S. The highest BCUT2D eigenvalue weighted by atomic mass is 32.2. The standard InChI is InChI=1S/C15H14N4O2S/c1-21-11-4-2-10(3-5-11)17-14(20)9-22-15-18-12-6-7-16-8-13(12)19-15/h2-8H,9H2,1H3,(H,17,20)(H,18,19). The molecule has 0 spiro atoms. The zero-order chi connectivity index (χ0) is 15.4. The van der Waals surface area contributed by atoms with E-state index in [1.807, 2.05) is 6.07 Å². The number of pyridine rings is 1. The highest BCUT2D eigenvalue weighted by Crippen LogP contribution is 2.19. The van der Waals surface area contributed by atoms with Crippen LogP contribution in [0.15, 0.2) is 47.9 Å². The molecule has 0 bridgehead atoms. The third kappa shape index (κ3) is 3.37. The van der Waals surface area contributed by atoms with Crippen LogP contribution in [0.5, 0.6) is 5.75 Å². The predicted octanol–water partition coefficient (Wildman–Crippen LogP) is 2.70. The number of amides is 1. The second-order valence-electron chi connectivity index (χ2n) is 4.50. The van der Waals surface area contributed by atoms with Gasteiger partial charge in [-0.15, -0.1) is 0 Å². The molecule has 0 aliphatic heterocycles. The monoisotopic (exact) mass is 314 g/mol. The summed E-state index contributed by atoms with van der Waals surface area (Å²) in [6, 6.07) is 9.03. The maximum Gasteiger partial charge on any atom is 0.234 e. The number of imidazole rings is 1. The van der Waals surface area contributed by atoms with Gasteiger partial charge in [0.25, 0.3) is 0 Å². The molecule has 112 valence electrons. The van der Waals surface area contributed by atoms with Gasteiger partial charge >= 0.3 is 0 Å². The molecule has 7 heteroatoms. The van der Waals surface area contributed by atoms with E-state index >= 15 is 0 Å². The second-order valence-corrected chi connectivity index (χ2v) is 5.46. The number of anilines is 1. The molecule has 2 heterocycles. The van der Waals surface area contributed by atoms with Crippen molar-refractivity contribution in [2.24, 2.45) is 0 Å². The molecule has 2 N–H and O–H groups in total. The van der Waals surface area contributed by atoms with Gasteiger partial charge < -0.3 is 15.0 Å². The van der Waals surface area contributed by atoms with Crippen LogP contribution in [0, 0.1) is 0 Å². The van der Waals surface area contributed by atoms with Gasteiger partial charge in [0.1, 0.15) is 5.75 Å². The lowest BCUT2D eigenvalue weighted by Gasteiger charge is -2.05. The van der Waals surface area contributed by atoms with Crippen LogP contribution in [-0.2, 0) is 4.79 Å². The largest absolute Gasteiger partial charge is 0.497 e. The molecule has 0 saturated heterocycles. The molecule has 2 aromatic heterocycles. The number of nitrogens with zero attached hydrogens (tertiary/aromatic N) is 2. The molecule has 0 radical (unpaired) electrons. The van der Waals surface area contributed by atoms with E-state index < -0.39 is 0 Å². The molecule has 0 saturated carbocycles. The lowest BCUT2D eigenvalue weighted by Crippen LogP contribution is -2.13. The Labute approximate surface area is 131 Å². The van der Waals surface area contributed by atoms with Crippen LogP contribution in [0.1, 0.15) is 0 Å². The van der Waals surface area contributed by atoms with E-state index in [-0.39, 0.29) is 11.7 Å². The van der Waals surface area contributed by atoms with Crippen molar-refractivity contribution in [1.29, 1.82) is 0 Å². The van der Waals surface area contributed by atoms with E-state index in [2.05, 4.69) is 20.3 Å². The van der Waals surface area contributed by atoms with Crippen LogP contribution in [0.2, 0.25) is 0 Å². The van der Waals surface area contributed by atoms with Crippen LogP contribution in [-0.4, -0.2) is 33.7 Å². The summed E-state index contributed by atoms with van der Waals surface area (Å²) in [6.45, 7) is 0. The maximum atomic E-state index is 11.9. The molecule has 1 amide bonds. The molecular weight excluding hydrogens is 300 g/mol. The first-order valence-electron chi connectivity index (χ1n) is 6.61. The number of rotatable bonds is 5. The third-order valence-corrected chi connectivity index (χ3v) is 3.85. The van der Waals surface area contributed by atoms with E-state index in [1.165, 1.54) is 11.8 Å². The lowest BCUT2D eigenvalue weighted by atomic mass is 10.3. The minimum absolute atomic E-state index is 0.0891. The van der Waals surface area contributed by atoms with Gasteiger partial charge in [-0.05, 0) is 30.3 Å². The lowest BCUT2D eigenvalue weighted by molar-refractivity contribution is -0.113. The molecule has 0 unspecified atom stereocenters. The first kappa shape index (κ1) is 14.4. The number of benzene rings is 1. The number of carbonyl (C=O) groups excluding carboxylic acids is 1. The summed E-state index contributed by atoms with van der Waals surface area (Å²) < 4.78 is 5.07. The molecule has 3 aromatic rings. The van der Waals surface area contributed by atoms with Crippen LogP contribution in [0.4, 0.5) is 5.69 Å². The van der Waals surface area contributed by atoms with Crippen molar-refractivity contribution < 1.29 is 9.53 Å². The molecule has 0 fully saturated rings. The molecule has 0 aliphatic carbocycles. The number of hydrogen-bond acceptors (Lipinski definition) is 5. The number of hydrogen-bond donors (Lipinski definition) is 2. The number of methoxy groups -OCH3 is 1. The van der Waals surface area contributed by atoms with Crippen molar-refractivity contribution in [1.82, 2.24) is 15.0 Å². The Balaban J connectivity index is 1.57. The summed E-state index contributed by atoms with van der Waals surface area (Å²) in [7, 11) is 1.60. The molecule has 1 aromatic carbocycles. The Morgan fingerprint density at radius 3 is 2.86 bits per heavy atom. The van der Waals surface area contributed by atoms with Crippen molar-refractivity contribution in [2.45, 2.75) is 5.16 Å². The minimum atomic E-state index is -0.0891. The summed E-state index contributed by atoms with van der Waals surface area (Å²) in [5.74, 6) is 0.941. The third-order valence-electron chi connectivity index (χ3n) is 2.98. The van der Waals surface area contributed by atoms with Crippen LogP contribution in [0.25, 0.3) is 11.0 Å². The number of carbonyl (C=O) groups is 1. The molecule has 6 nitrogen and oxygen atoms in total. The van der Waals surface area contributed by atoms with E-state index in [1.54, 1.807) is 43.8 Å². The van der Waals surface area contributed by atoms with E-state index in [0.717, 1.165) is 22.5 Å². The zero-order valence-electron chi connectivity index (χ0n) is 11.9. The number of H-pyrrole nitrogens is 1. The van der Waals surface area contributed by atoms with Crippen molar-refractivity contribution >= 4 is 34.4 Å². The van der Waals surface area contributed by atoms with E-state index in [0.29, 0.717) is 5.16 Å². The number of aromatic nitrogens is 3. The van der Waals surface area contributed by atoms with Crippen molar-refractivity contribution in [3.63, 3.8) is 0 Å². The first-order valence-corrected chi connectivity index (χ1v) is 7.59. The Morgan fingerprint density at radius 2 is 2.14 bits per heavy atom. The van der Waals surface area contributed by atoms with Gasteiger partial charge in [0.15, 0.2) is 5.16 Å². The Kier molecular flexibility index (Phi) is 4.24. The van der Waals surface area contributed by atoms with Gasteiger partial charge in [0.2, 0.25) is 5.91 Å². The molecule has 22 heavy (non-hydrogen) atoms. The Bertz CT molecular complexity index is 753. The van der Waals surface area contributed by atoms with Crippen LogP contribution >= 0.6 is 11.8 Å². The molecule has 0 atom stereocenters. The summed E-state index contributed by atoms with van der Waals surface area (Å²) in [5, 5.41) is 3.53. The first-order chi connectivity index (χ1) is 10.7. The number of fused-ring (bicyclic) bond motifs is 1. The highest BCUT2D eigenvalue weighted by molar-refractivity contribution is 7.99. The van der Waals surface area contributed by atoms with Gasteiger partial charge in [-0.2, -0.15) is 0 Å². The summed E-state index contributed by atoms with van der Waals surface area (Å²) in [6.07, 6.45) is 3.40. The number of thioether (sulfide) groups is 1. The van der Waals surface area contributed by atoms with Crippen LogP contribution in [0.3, 0.4) is 0 Å². The van der Waals surface area contributed by atoms with E-state index in [4.69, 9.17) is 4.74 Å². The number of aromatic amines is 1. The highest BCUT2D eigenvalue weighted by Gasteiger charge is 2.07. The van der Waals surface area contributed by atoms with Gasteiger partial charge in [-0.25, -0.2) is 4.98 Å². The minimum Gasteiger partial charge on any atom is -0.497 e. The van der Waals surface area contributed by atoms with Gasteiger partial charge in [-0.1, -0.05) is 11.8 Å².